The Kier molecular flexibility index (Phi) is 12.0. The monoisotopic (exact) mass is 314 g/mol. The van der Waals surface area contributed by atoms with Gasteiger partial charge in [0.15, 0.2) is 0 Å². The van der Waals surface area contributed by atoms with Gasteiger partial charge < -0.3 is 26.9 Å². The number of carbonyl (C=O) groups excluding carboxylic acids is 1. The van der Waals surface area contributed by atoms with E-state index in [0.29, 0.717) is 5.56 Å². The van der Waals surface area contributed by atoms with Crippen LogP contribution >= 0.6 is 0 Å². The summed E-state index contributed by atoms with van der Waals surface area (Å²) in [6.07, 6.45) is 2.34. The fourth-order valence-corrected chi connectivity index (χ4v) is 1.05. The number of nitrogens with zero attached hydrogens (tertiary/aromatic N) is 4. The first-order chi connectivity index (χ1) is 10.4. The summed E-state index contributed by atoms with van der Waals surface area (Å²) in [5, 5.41) is 31.2. The van der Waals surface area contributed by atoms with Crippen molar-refractivity contribution in [1.29, 1.82) is 0 Å². The van der Waals surface area contributed by atoms with E-state index in [2.05, 4.69) is 21.9 Å². The predicted octanol–water partition coefficient (Wildman–Crippen LogP) is 0.0795. The van der Waals surface area contributed by atoms with Crippen molar-refractivity contribution in [3.63, 3.8) is 0 Å². The Morgan fingerprint density at radius 3 is 2.18 bits per heavy atom. The highest BCUT2D eigenvalue weighted by Gasteiger charge is 2.09. The Morgan fingerprint density at radius 2 is 1.73 bits per heavy atom. The van der Waals surface area contributed by atoms with E-state index in [-0.39, 0.29) is 5.69 Å². The highest BCUT2D eigenvalue weighted by atomic mass is 16.9. The minimum atomic E-state index is -1.75. The summed E-state index contributed by atoms with van der Waals surface area (Å²) in [5.74, 6) is 3.99. The number of hydrogen-bond donors (Lipinski definition) is 2. The van der Waals surface area contributed by atoms with Crippen molar-refractivity contribution in [2.45, 2.75) is 0 Å². The molecule has 1 rings (SSSR count). The van der Waals surface area contributed by atoms with Crippen LogP contribution in [0.25, 0.3) is 6.08 Å². The van der Waals surface area contributed by atoms with Crippen LogP contribution in [-0.2, 0) is 4.79 Å². The maximum absolute atomic E-state index is 10.9. The molecule has 0 saturated carbocycles. The minimum Gasteiger partial charge on any atom is -0.360 e. The molecule has 0 bridgehead atoms. The van der Waals surface area contributed by atoms with Crippen molar-refractivity contribution >= 4 is 17.7 Å². The van der Waals surface area contributed by atoms with E-state index in [1.165, 1.54) is 24.3 Å². The van der Waals surface area contributed by atoms with Crippen molar-refractivity contribution in [2.24, 2.45) is 16.2 Å². The molecule has 0 aliphatic heterocycles. The normalized spacial score (nSPS) is 9.36. The molecule has 0 fully saturated rings. The fourth-order valence-electron chi connectivity index (χ4n) is 1.05. The van der Waals surface area contributed by atoms with Gasteiger partial charge in [-0.15, -0.1) is 0 Å². The van der Waals surface area contributed by atoms with Crippen LogP contribution < -0.4 is 11.6 Å². The molecular weight excluding hydrogens is 300 g/mol. The molecule has 0 radical (unpaired) electrons. The van der Waals surface area contributed by atoms with Crippen molar-refractivity contribution < 1.29 is 20.5 Å². The molecule has 0 saturated heterocycles. The third-order valence-corrected chi connectivity index (χ3v) is 1.70. The molecule has 5 N–H and O–H groups in total. The first kappa shape index (κ1) is 20.9. The van der Waals surface area contributed by atoms with Gasteiger partial charge in [0.25, 0.3) is 11.6 Å². The molecule has 0 atom stereocenters. The lowest BCUT2D eigenvalue weighted by molar-refractivity contribution is -0.402. The lowest BCUT2D eigenvalue weighted by atomic mass is 10.1. The Bertz CT molecular complexity index is 555. The van der Waals surface area contributed by atoms with Crippen LogP contribution in [0, 0.1) is 25.4 Å². The second kappa shape index (κ2) is 12.6. The number of nitro benzene ring substituents is 1. The number of hydrogen-bond acceptors (Lipinski definition) is 7. The molecule has 0 aliphatic carbocycles. The van der Waals surface area contributed by atoms with Gasteiger partial charge in [0.2, 0.25) is 0 Å². The SMILES string of the molecule is C[NH3+].NN=NC(=O)/C=C/c1ccccc1[N+](=O)[O-].O=[N+]([O-])[O-]. The van der Waals surface area contributed by atoms with Crippen LogP contribution in [-0.4, -0.2) is 23.0 Å². The van der Waals surface area contributed by atoms with E-state index in [1.54, 1.807) is 13.1 Å². The quantitative estimate of drug-likeness (QED) is 0.258. The van der Waals surface area contributed by atoms with E-state index < -0.39 is 15.9 Å². The number of amides is 1. The van der Waals surface area contributed by atoms with Gasteiger partial charge in [-0.05, 0) is 12.1 Å². The zero-order chi connectivity index (χ0) is 17.5. The highest BCUT2D eigenvalue weighted by molar-refractivity contribution is 5.92. The van der Waals surface area contributed by atoms with Gasteiger partial charge in [-0.2, -0.15) is 0 Å². The summed E-state index contributed by atoms with van der Waals surface area (Å²) in [4.78, 5) is 29.2. The molecule has 1 aromatic carbocycles. The van der Waals surface area contributed by atoms with Gasteiger partial charge in [0.05, 0.1) is 22.6 Å². The molecule has 0 heterocycles. The Morgan fingerprint density at radius 1 is 1.23 bits per heavy atom. The third-order valence-electron chi connectivity index (χ3n) is 1.70. The van der Waals surface area contributed by atoms with Gasteiger partial charge in [-0.25, -0.2) is 0 Å². The topological polar surface area (TPSA) is 205 Å². The number of rotatable bonds is 3. The first-order valence-electron chi connectivity index (χ1n) is 5.47. The summed E-state index contributed by atoms with van der Waals surface area (Å²) < 4.78 is 0. The largest absolute Gasteiger partial charge is 0.360 e. The first-order valence-corrected chi connectivity index (χ1v) is 5.47. The molecule has 0 aliphatic rings. The highest BCUT2D eigenvalue weighted by Crippen LogP contribution is 2.18. The maximum atomic E-state index is 10.9. The van der Waals surface area contributed by atoms with Crippen LogP contribution in [0.3, 0.4) is 0 Å². The zero-order valence-electron chi connectivity index (χ0n) is 11.5. The molecule has 120 valence electrons. The van der Waals surface area contributed by atoms with Gasteiger partial charge in [-0.1, -0.05) is 22.5 Å². The van der Waals surface area contributed by atoms with Crippen molar-refractivity contribution in [3.8, 4) is 0 Å². The number of para-hydroxylation sites is 1. The summed E-state index contributed by atoms with van der Waals surface area (Å²) >= 11 is 0. The van der Waals surface area contributed by atoms with E-state index in [4.69, 9.17) is 15.3 Å². The van der Waals surface area contributed by atoms with Crippen molar-refractivity contribution in [1.82, 2.24) is 0 Å². The van der Waals surface area contributed by atoms with Gasteiger partial charge in [-0.3, -0.25) is 14.9 Å². The van der Waals surface area contributed by atoms with Crippen LogP contribution in [0.5, 0.6) is 0 Å². The summed E-state index contributed by atoms with van der Waals surface area (Å²) in [5.41, 5.74) is 3.48. The van der Waals surface area contributed by atoms with Crippen LogP contribution in [0.15, 0.2) is 40.7 Å². The molecule has 22 heavy (non-hydrogen) atoms. The van der Waals surface area contributed by atoms with Gasteiger partial charge >= 0.3 is 0 Å². The van der Waals surface area contributed by atoms with E-state index in [0.717, 1.165) is 6.08 Å². The average Bonchev–Trinajstić information content (AvgIpc) is 2.47. The van der Waals surface area contributed by atoms with E-state index >= 15 is 0 Å². The number of nitro groups is 1. The molecular formula is C10H14N6O6. The molecule has 0 spiro atoms. The molecule has 12 heteroatoms. The summed E-state index contributed by atoms with van der Waals surface area (Å²) in [6.45, 7) is 0. The average molecular weight is 314 g/mol. The zero-order valence-corrected chi connectivity index (χ0v) is 11.5. The maximum Gasteiger partial charge on any atom is 0.289 e. The number of nitrogens with two attached hydrogens (primary N) is 1. The standard InChI is InChI=1S/C9H8N4O3.CH5N.NO3/c10-12-11-9(14)6-5-7-3-1-2-4-8(7)13(15)16;1-2;2-1(3)4/h1-6H,(H2,10,11,14);2H2,1H3;/q;;-1/p+1/b6-5+;;. The molecule has 0 unspecified atom stereocenters. The number of carbonyl (C=O) groups is 1. The lowest BCUT2D eigenvalue weighted by Crippen LogP contribution is -2.40. The number of quaternary nitrogens is 1. The van der Waals surface area contributed by atoms with Crippen molar-refractivity contribution in [3.05, 3.63) is 61.3 Å². The smallest absolute Gasteiger partial charge is 0.289 e. The molecule has 1 amide bonds. The van der Waals surface area contributed by atoms with Gasteiger partial charge in [0, 0.05) is 12.1 Å². The Hall–Kier alpha value is -3.41. The van der Waals surface area contributed by atoms with Crippen LogP contribution in [0.2, 0.25) is 0 Å². The Labute approximate surface area is 124 Å². The van der Waals surface area contributed by atoms with Crippen molar-refractivity contribution in [2.75, 3.05) is 7.05 Å². The third kappa shape index (κ3) is 10.5. The second-order valence-corrected chi connectivity index (χ2v) is 2.93. The molecule has 12 nitrogen and oxygen atoms in total. The lowest BCUT2D eigenvalue weighted by Gasteiger charge is -1.95. The molecule has 1 aromatic rings. The van der Waals surface area contributed by atoms with Crippen LogP contribution in [0.4, 0.5) is 5.69 Å². The fraction of sp³-hybridized carbons (Fsp3) is 0.100. The Balaban J connectivity index is 0. The van der Waals surface area contributed by atoms with E-state index in [1.807, 2.05) is 0 Å². The van der Waals surface area contributed by atoms with Gasteiger partial charge in [0.1, 0.15) is 0 Å². The van der Waals surface area contributed by atoms with E-state index in [9.17, 15) is 14.9 Å². The minimum absolute atomic E-state index is 0.0868. The predicted molar refractivity (Wildman–Crippen MR) is 75.4 cm³/mol. The molecule has 0 aromatic heterocycles. The number of benzene rings is 1. The summed E-state index contributed by atoms with van der Waals surface area (Å²) in [6, 6.07) is 6.02. The second-order valence-electron chi connectivity index (χ2n) is 2.93. The van der Waals surface area contributed by atoms with Crippen LogP contribution in [0.1, 0.15) is 5.56 Å². The summed E-state index contributed by atoms with van der Waals surface area (Å²) in [7, 11) is 1.75.